The maximum Gasteiger partial charge on any atom is 0.310 e. The molecule has 1 atom stereocenters. The van der Waals surface area contributed by atoms with Gasteiger partial charge in [0.05, 0.1) is 24.3 Å². The van der Waals surface area contributed by atoms with Gasteiger partial charge in [0.1, 0.15) is 5.69 Å². The first-order valence-corrected chi connectivity index (χ1v) is 8.79. The minimum absolute atomic E-state index is 0.0649. The minimum atomic E-state index is -0.236. The van der Waals surface area contributed by atoms with Crippen LogP contribution in [-0.4, -0.2) is 41.0 Å². The zero-order chi connectivity index (χ0) is 17.8. The zero-order valence-corrected chi connectivity index (χ0v) is 14.7. The quantitative estimate of drug-likeness (QED) is 0.617. The topological polar surface area (TPSA) is 64.7 Å². The van der Waals surface area contributed by atoms with E-state index < -0.39 is 0 Å². The molecule has 25 heavy (non-hydrogen) atoms. The van der Waals surface area contributed by atoms with Crippen molar-refractivity contribution < 1.29 is 18.7 Å². The summed E-state index contributed by atoms with van der Waals surface area (Å²) >= 11 is 0. The molecule has 1 unspecified atom stereocenters. The number of likely N-dealkylation sites (tertiary alicyclic amines) is 1. The molecule has 6 nitrogen and oxygen atoms in total. The van der Waals surface area contributed by atoms with Gasteiger partial charge >= 0.3 is 5.97 Å². The highest BCUT2D eigenvalue weighted by Crippen LogP contribution is 2.25. The summed E-state index contributed by atoms with van der Waals surface area (Å²) in [6, 6.07) is 3.66. The Morgan fingerprint density at radius 1 is 1.44 bits per heavy atom. The average Bonchev–Trinajstić information content (AvgIpc) is 3.21. The second-order valence-corrected chi connectivity index (χ2v) is 6.22. The monoisotopic (exact) mass is 344 g/mol. The van der Waals surface area contributed by atoms with Gasteiger partial charge in [-0.3, -0.25) is 9.59 Å². The van der Waals surface area contributed by atoms with Gasteiger partial charge in [-0.05, 0) is 26.7 Å². The lowest BCUT2D eigenvalue weighted by molar-refractivity contribution is -0.149. The molecule has 3 rings (SSSR count). The van der Waals surface area contributed by atoms with Crippen LogP contribution in [0, 0.1) is 5.92 Å². The van der Waals surface area contributed by atoms with Crippen molar-refractivity contribution in [2.75, 3.05) is 19.7 Å². The third kappa shape index (κ3) is 3.48. The first-order valence-electron chi connectivity index (χ1n) is 8.79. The Balaban J connectivity index is 1.83. The van der Waals surface area contributed by atoms with E-state index in [4.69, 9.17) is 9.15 Å². The maximum absolute atomic E-state index is 13.1. The van der Waals surface area contributed by atoms with Crippen molar-refractivity contribution in [2.24, 2.45) is 5.92 Å². The zero-order valence-electron chi connectivity index (χ0n) is 14.7. The Kier molecular flexibility index (Phi) is 5.26. The fourth-order valence-electron chi connectivity index (χ4n) is 3.34. The Bertz CT molecular complexity index is 787. The van der Waals surface area contributed by atoms with Gasteiger partial charge in [-0.25, -0.2) is 0 Å². The van der Waals surface area contributed by atoms with E-state index in [1.807, 2.05) is 29.7 Å². The van der Waals surface area contributed by atoms with E-state index >= 15 is 0 Å². The molecule has 1 fully saturated rings. The number of nitrogens with zero attached hydrogens (tertiary/aromatic N) is 2. The molecular formula is C19H24N2O4. The standard InChI is InChI=1S/C19H24N2O4/c1-3-5-10-21-15-8-11-25-17(15)12-16(21)18(22)20-9-6-7-14(13-20)19(23)24-4-2/h3,5,8,11-12,14H,4,6-7,9-10,13H2,1-2H3/b5-3-. The lowest BCUT2D eigenvalue weighted by Gasteiger charge is -2.31. The van der Waals surface area contributed by atoms with Gasteiger partial charge in [-0.2, -0.15) is 0 Å². The Morgan fingerprint density at radius 3 is 3.04 bits per heavy atom. The average molecular weight is 344 g/mol. The molecule has 3 heterocycles. The van der Waals surface area contributed by atoms with Crippen LogP contribution in [0.5, 0.6) is 0 Å². The molecule has 2 aromatic heterocycles. The van der Waals surface area contributed by atoms with E-state index in [9.17, 15) is 9.59 Å². The number of furan rings is 1. The number of hydrogen-bond donors (Lipinski definition) is 0. The predicted molar refractivity (Wildman–Crippen MR) is 94.3 cm³/mol. The van der Waals surface area contributed by atoms with Crippen LogP contribution in [0.4, 0.5) is 0 Å². The van der Waals surface area contributed by atoms with Crippen LogP contribution in [-0.2, 0) is 16.1 Å². The minimum Gasteiger partial charge on any atom is -0.466 e. The number of esters is 1. The summed E-state index contributed by atoms with van der Waals surface area (Å²) < 4.78 is 12.5. The third-order valence-corrected chi connectivity index (χ3v) is 4.59. The van der Waals surface area contributed by atoms with Crippen LogP contribution >= 0.6 is 0 Å². The van der Waals surface area contributed by atoms with Crippen molar-refractivity contribution >= 4 is 23.0 Å². The fourth-order valence-corrected chi connectivity index (χ4v) is 3.34. The number of rotatable bonds is 5. The molecule has 0 bridgehead atoms. The summed E-state index contributed by atoms with van der Waals surface area (Å²) in [5, 5.41) is 0. The normalized spacial score (nSPS) is 18.2. The third-order valence-electron chi connectivity index (χ3n) is 4.59. The van der Waals surface area contributed by atoms with Crippen LogP contribution in [0.25, 0.3) is 11.1 Å². The van der Waals surface area contributed by atoms with E-state index in [1.165, 1.54) is 0 Å². The van der Waals surface area contributed by atoms with Gasteiger partial charge in [0.2, 0.25) is 0 Å². The van der Waals surface area contributed by atoms with Crippen LogP contribution < -0.4 is 0 Å². The van der Waals surface area contributed by atoms with Crippen LogP contribution in [0.3, 0.4) is 0 Å². The molecule has 0 aromatic carbocycles. The summed E-state index contributed by atoms with van der Waals surface area (Å²) in [6.45, 7) is 5.79. The van der Waals surface area contributed by atoms with Crippen molar-refractivity contribution in [1.29, 1.82) is 0 Å². The number of carbonyl (C=O) groups is 2. The van der Waals surface area contributed by atoms with Gasteiger partial charge in [0.15, 0.2) is 5.58 Å². The van der Waals surface area contributed by atoms with E-state index in [-0.39, 0.29) is 17.8 Å². The predicted octanol–water partition coefficient (Wildman–Crippen LogP) is 3.23. The number of piperidine rings is 1. The Hall–Kier alpha value is -2.50. The molecule has 0 radical (unpaired) electrons. The second kappa shape index (κ2) is 7.59. The number of carbonyl (C=O) groups excluding carboxylic acids is 2. The molecule has 1 aliphatic heterocycles. The van der Waals surface area contributed by atoms with E-state index in [0.717, 1.165) is 18.4 Å². The molecule has 6 heteroatoms. The molecule has 2 aromatic rings. The second-order valence-electron chi connectivity index (χ2n) is 6.22. The molecule has 1 amide bonds. The number of fused-ring (bicyclic) bond motifs is 1. The summed E-state index contributed by atoms with van der Waals surface area (Å²) in [4.78, 5) is 26.8. The number of hydrogen-bond acceptors (Lipinski definition) is 4. The number of allylic oxidation sites excluding steroid dienone is 2. The Morgan fingerprint density at radius 2 is 2.28 bits per heavy atom. The summed E-state index contributed by atoms with van der Waals surface area (Å²) in [5.74, 6) is -0.512. The van der Waals surface area contributed by atoms with Gasteiger partial charge in [-0.1, -0.05) is 12.2 Å². The summed E-state index contributed by atoms with van der Waals surface area (Å²) in [5.41, 5.74) is 2.20. The van der Waals surface area contributed by atoms with Gasteiger partial charge in [0, 0.05) is 31.8 Å². The van der Waals surface area contributed by atoms with E-state index in [1.54, 1.807) is 24.2 Å². The maximum atomic E-state index is 13.1. The largest absolute Gasteiger partial charge is 0.466 e. The van der Waals surface area contributed by atoms with Gasteiger partial charge in [-0.15, -0.1) is 0 Å². The van der Waals surface area contributed by atoms with Crippen molar-refractivity contribution in [2.45, 2.75) is 33.2 Å². The van der Waals surface area contributed by atoms with Crippen LogP contribution in [0.15, 0.2) is 35.0 Å². The van der Waals surface area contributed by atoms with Crippen LogP contribution in [0.1, 0.15) is 37.2 Å². The molecule has 0 saturated carbocycles. The highest BCUT2D eigenvalue weighted by atomic mass is 16.5. The molecule has 134 valence electrons. The number of ether oxygens (including phenoxy) is 1. The Labute approximate surface area is 147 Å². The lowest BCUT2D eigenvalue weighted by atomic mass is 9.98. The summed E-state index contributed by atoms with van der Waals surface area (Å²) in [6.07, 6.45) is 7.16. The van der Waals surface area contributed by atoms with E-state index in [2.05, 4.69) is 0 Å². The molecule has 0 spiro atoms. The van der Waals surface area contributed by atoms with Gasteiger partial charge < -0.3 is 18.6 Å². The fraction of sp³-hybridized carbons (Fsp3) is 0.474. The van der Waals surface area contributed by atoms with Crippen molar-refractivity contribution in [3.63, 3.8) is 0 Å². The number of amides is 1. The first kappa shape index (κ1) is 17.3. The highest BCUT2D eigenvalue weighted by molar-refractivity contribution is 5.97. The lowest BCUT2D eigenvalue weighted by Crippen LogP contribution is -2.43. The molecule has 1 aliphatic rings. The molecule has 0 N–H and O–H groups in total. The highest BCUT2D eigenvalue weighted by Gasteiger charge is 2.31. The number of aromatic nitrogens is 1. The first-order chi connectivity index (χ1) is 12.2. The van der Waals surface area contributed by atoms with E-state index in [0.29, 0.717) is 37.5 Å². The molecular weight excluding hydrogens is 320 g/mol. The van der Waals surface area contributed by atoms with Crippen molar-refractivity contribution in [3.8, 4) is 0 Å². The SMILES string of the molecule is C/C=C\Cn1c(C(=O)N2CCCC(C(=O)OCC)C2)cc2occc21. The molecule has 0 aliphatic carbocycles. The van der Waals surface area contributed by atoms with Crippen molar-refractivity contribution in [1.82, 2.24) is 9.47 Å². The smallest absolute Gasteiger partial charge is 0.310 e. The van der Waals surface area contributed by atoms with Crippen molar-refractivity contribution in [3.05, 3.63) is 36.2 Å². The molecule has 1 saturated heterocycles. The van der Waals surface area contributed by atoms with Gasteiger partial charge in [0.25, 0.3) is 5.91 Å². The van der Waals surface area contributed by atoms with Crippen LogP contribution in [0.2, 0.25) is 0 Å². The summed E-state index contributed by atoms with van der Waals surface area (Å²) in [7, 11) is 0.